The molecule has 1 aliphatic rings. The molecule has 1 fully saturated rings. The predicted molar refractivity (Wildman–Crippen MR) is 115 cm³/mol. The van der Waals surface area contributed by atoms with Gasteiger partial charge in [-0.3, -0.25) is 0 Å². The molecule has 0 heterocycles. The third kappa shape index (κ3) is 4.09. The predicted octanol–water partition coefficient (Wildman–Crippen LogP) is 4.57. The summed E-state index contributed by atoms with van der Waals surface area (Å²) in [6.07, 6.45) is 5.65. The van der Waals surface area contributed by atoms with Crippen LogP contribution >= 0.6 is 0 Å². The summed E-state index contributed by atoms with van der Waals surface area (Å²) >= 11 is 0. The van der Waals surface area contributed by atoms with Gasteiger partial charge in [0.15, 0.2) is 0 Å². The summed E-state index contributed by atoms with van der Waals surface area (Å²) in [5, 5.41) is 2.60. The molecule has 2 aromatic rings. The maximum absolute atomic E-state index is 11.6. The Kier molecular flexibility index (Phi) is 6.33. The van der Waals surface area contributed by atoms with Crippen LogP contribution in [-0.4, -0.2) is 21.2 Å². The minimum absolute atomic E-state index is 0.0128. The monoisotopic (exact) mass is 380 g/mol. The minimum atomic E-state index is -2.49. The van der Waals surface area contributed by atoms with Crippen molar-refractivity contribution < 1.29 is 9.22 Å². The molecule has 1 saturated carbocycles. The van der Waals surface area contributed by atoms with E-state index in [9.17, 15) is 4.79 Å². The number of carbonyl (C=O) groups is 1. The van der Waals surface area contributed by atoms with Gasteiger partial charge >= 0.3 is 0 Å². The maximum Gasteiger partial charge on any atom is 0.261 e. The lowest BCUT2D eigenvalue weighted by molar-refractivity contribution is -0.114. The lowest BCUT2D eigenvalue weighted by atomic mass is 9.81. The summed E-state index contributed by atoms with van der Waals surface area (Å²) in [5.41, 5.74) is 0. The van der Waals surface area contributed by atoms with E-state index in [4.69, 9.17) is 4.43 Å². The van der Waals surface area contributed by atoms with Gasteiger partial charge in [-0.1, -0.05) is 94.3 Å². The van der Waals surface area contributed by atoms with E-state index < -0.39 is 8.32 Å². The molecule has 0 unspecified atom stereocenters. The first kappa shape index (κ1) is 20.0. The first-order valence-corrected chi connectivity index (χ1v) is 12.1. The van der Waals surface area contributed by atoms with Crippen molar-refractivity contribution in [2.45, 2.75) is 51.5 Å². The topological polar surface area (TPSA) is 26.3 Å². The van der Waals surface area contributed by atoms with E-state index in [0.29, 0.717) is 12.5 Å². The van der Waals surface area contributed by atoms with Crippen molar-refractivity contribution in [3.8, 4) is 0 Å². The smallest absolute Gasteiger partial charge is 0.261 e. The maximum atomic E-state index is 11.6. The van der Waals surface area contributed by atoms with Crippen LogP contribution in [0.15, 0.2) is 60.7 Å². The molecular weight excluding hydrogens is 348 g/mol. The zero-order chi connectivity index (χ0) is 19.3. The van der Waals surface area contributed by atoms with Gasteiger partial charge in [0.2, 0.25) is 0 Å². The summed E-state index contributed by atoms with van der Waals surface area (Å²) in [4.78, 5) is 11.6. The Bertz CT molecular complexity index is 682. The zero-order valence-electron chi connectivity index (χ0n) is 16.9. The third-order valence-corrected chi connectivity index (χ3v) is 11.1. The second kappa shape index (κ2) is 8.53. The first-order valence-electron chi connectivity index (χ1n) is 10.2. The fourth-order valence-electron chi connectivity index (χ4n) is 4.62. The van der Waals surface area contributed by atoms with E-state index in [0.717, 1.165) is 12.8 Å². The molecule has 0 saturated heterocycles. The highest BCUT2D eigenvalue weighted by Crippen LogP contribution is 2.38. The molecular formula is C24H32O2Si. The van der Waals surface area contributed by atoms with Crippen LogP contribution in [0.4, 0.5) is 0 Å². The van der Waals surface area contributed by atoms with Gasteiger partial charge in [-0.2, -0.15) is 0 Å². The molecule has 1 aliphatic carbocycles. The van der Waals surface area contributed by atoms with Gasteiger partial charge in [-0.15, -0.1) is 0 Å². The van der Waals surface area contributed by atoms with Gasteiger partial charge in [0.05, 0.1) is 0 Å². The van der Waals surface area contributed by atoms with Crippen molar-refractivity contribution in [1.29, 1.82) is 0 Å². The standard InChI is InChI=1S/C24H32O2Si/c1-24(2,3)27(22-14-6-4-7-15-22,23-16-8-5-9-17-23)26-19-21-13-11-10-12-20(21)18-25/h4-9,14-18,20-21H,10-13,19H2,1-3H3/t20-,21-/m0/s1. The summed E-state index contributed by atoms with van der Waals surface area (Å²) in [5.74, 6) is 0.495. The normalized spacial score (nSPS) is 21.0. The minimum Gasteiger partial charge on any atom is -0.407 e. The van der Waals surface area contributed by atoms with E-state index in [1.54, 1.807) is 0 Å². The van der Waals surface area contributed by atoms with Crippen LogP contribution in [0.3, 0.4) is 0 Å². The number of rotatable bonds is 6. The highest BCUT2D eigenvalue weighted by molar-refractivity contribution is 6.99. The molecule has 2 aromatic carbocycles. The summed E-state index contributed by atoms with van der Waals surface area (Å²) in [6.45, 7) is 7.59. The van der Waals surface area contributed by atoms with Crippen molar-refractivity contribution >= 4 is 25.0 Å². The average Bonchev–Trinajstić information content (AvgIpc) is 2.69. The van der Waals surface area contributed by atoms with Gasteiger partial charge in [-0.25, -0.2) is 0 Å². The molecule has 144 valence electrons. The molecule has 0 N–H and O–H groups in total. The van der Waals surface area contributed by atoms with Crippen molar-refractivity contribution in [3.63, 3.8) is 0 Å². The zero-order valence-corrected chi connectivity index (χ0v) is 17.9. The average molecular weight is 381 g/mol. The Labute approximate surface area is 165 Å². The quantitative estimate of drug-likeness (QED) is 0.542. The van der Waals surface area contributed by atoms with Crippen molar-refractivity contribution in [1.82, 2.24) is 0 Å². The lowest BCUT2D eigenvalue weighted by Gasteiger charge is -2.44. The number of hydrogen-bond acceptors (Lipinski definition) is 2. The molecule has 3 heteroatoms. The molecule has 0 amide bonds. The lowest BCUT2D eigenvalue weighted by Crippen LogP contribution is -2.67. The SMILES string of the molecule is CC(C)(C)[Si](OC[C@@H]1CCCC[C@H]1C=O)(c1ccccc1)c1ccccc1. The molecule has 0 spiro atoms. The molecule has 2 atom stereocenters. The number of carbonyl (C=O) groups excluding carboxylic acids is 1. The van der Waals surface area contributed by atoms with E-state index in [1.165, 1.54) is 29.5 Å². The van der Waals surface area contributed by atoms with E-state index in [1.807, 2.05) is 0 Å². The van der Waals surface area contributed by atoms with Gasteiger partial charge in [-0.05, 0) is 34.2 Å². The van der Waals surface area contributed by atoms with Crippen LogP contribution in [0.5, 0.6) is 0 Å². The molecule has 3 rings (SSSR count). The van der Waals surface area contributed by atoms with Gasteiger partial charge in [0.25, 0.3) is 8.32 Å². The van der Waals surface area contributed by atoms with E-state index in [-0.39, 0.29) is 11.0 Å². The fourth-order valence-corrected chi connectivity index (χ4v) is 9.24. The Hall–Kier alpha value is -1.71. The number of hydrogen-bond donors (Lipinski definition) is 0. The second-order valence-electron chi connectivity index (χ2n) is 8.82. The van der Waals surface area contributed by atoms with Crippen LogP contribution in [-0.2, 0) is 9.22 Å². The summed E-state index contributed by atoms with van der Waals surface area (Å²) < 4.78 is 7.02. The largest absolute Gasteiger partial charge is 0.407 e. The van der Waals surface area contributed by atoms with Crippen LogP contribution in [0.1, 0.15) is 46.5 Å². The van der Waals surface area contributed by atoms with Crippen molar-refractivity contribution in [3.05, 3.63) is 60.7 Å². The molecule has 0 aromatic heterocycles. The van der Waals surface area contributed by atoms with Crippen LogP contribution in [0.2, 0.25) is 5.04 Å². The first-order chi connectivity index (χ1) is 13.0. The molecule has 2 nitrogen and oxygen atoms in total. The fraction of sp³-hybridized carbons (Fsp3) is 0.458. The van der Waals surface area contributed by atoms with Crippen LogP contribution in [0, 0.1) is 11.8 Å². The molecule has 0 radical (unpaired) electrons. The van der Waals surface area contributed by atoms with Gasteiger partial charge in [0, 0.05) is 12.5 Å². The Balaban J connectivity index is 2.02. The van der Waals surface area contributed by atoms with E-state index >= 15 is 0 Å². The third-order valence-electron chi connectivity index (χ3n) is 6.07. The van der Waals surface area contributed by atoms with Gasteiger partial charge in [0.1, 0.15) is 6.29 Å². The highest BCUT2D eigenvalue weighted by atomic mass is 28.4. The second-order valence-corrected chi connectivity index (χ2v) is 13.1. The Morgan fingerprint density at radius 2 is 1.44 bits per heavy atom. The summed E-state index contributed by atoms with van der Waals surface area (Å²) in [6, 6.07) is 21.5. The number of aldehydes is 1. The Morgan fingerprint density at radius 3 is 1.93 bits per heavy atom. The van der Waals surface area contributed by atoms with Crippen molar-refractivity contribution in [2.24, 2.45) is 11.8 Å². The highest BCUT2D eigenvalue weighted by Gasteiger charge is 2.50. The summed E-state index contributed by atoms with van der Waals surface area (Å²) in [7, 11) is -2.49. The van der Waals surface area contributed by atoms with Gasteiger partial charge < -0.3 is 9.22 Å². The van der Waals surface area contributed by atoms with Crippen LogP contribution in [0.25, 0.3) is 0 Å². The Morgan fingerprint density at radius 1 is 0.926 bits per heavy atom. The molecule has 0 bridgehead atoms. The molecule has 0 aliphatic heterocycles. The van der Waals surface area contributed by atoms with Crippen LogP contribution < -0.4 is 10.4 Å². The molecule has 27 heavy (non-hydrogen) atoms. The number of benzene rings is 2. The van der Waals surface area contributed by atoms with E-state index in [2.05, 4.69) is 81.4 Å². The van der Waals surface area contributed by atoms with Crippen molar-refractivity contribution in [2.75, 3.05) is 6.61 Å².